The molecule has 1 aliphatic heterocycles. The van der Waals surface area contributed by atoms with Crippen molar-refractivity contribution in [3.05, 3.63) is 5.82 Å². The Labute approximate surface area is 110 Å². The minimum Gasteiger partial charge on any atom is -0.383 e. The molecule has 0 bridgehead atoms. The summed E-state index contributed by atoms with van der Waals surface area (Å²) in [5.41, 5.74) is 0. The Morgan fingerprint density at radius 1 is 1.63 bits per heavy atom. The number of ether oxygens (including phenoxy) is 1. The second-order valence-electron chi connectivity index (χ2n) is 4.47. The van der Waals surface area contributed by atoms with E-state index in [9.17, 15) is 9.59 Å². The fraction of sp³-hybridized carbons (Fsp3) is 0.636. The number of aryl methyl sites for hydroxylation is 1. The fourth-order valence-corrected chi connectivity index (χ4v) is 1.98. The highest BCUT2D eigenvalue weighted by atomic mass is 16.5. The van der Waals surface area contributed by atoms with E-state index < -0.39 is 0 Å². The maximum Gasteiger partial charge on any atom is 0.248 e. The van der Waals surface area contributed by atoms with Crippen molar-refractivity contribution in [1.29, 1.82) is 0 Å². The Morgan fingerprint density at radius 2 is 2.42 bits per heavy atom. The minimum absolute atomic E-state index is 0.0247. The standard InChI is InChI=1S/C11H17N5O3/c1-7-12-11(15-14-7)13-10(18)8-5-9(17)16(6-8)3-4-19-2/h8H,3-6H2,1-2H3,(H2,12,13,14,15,18). The molecule has 0 saturated carbocycles. The SMILES string of the molecule is COCCN1CC(C(=O)Nc2n[nH]c(C)n2)CC1=O. The van der Waals surface area contributed by atoms with Gasteiger partial charge in [-0.05, 0) is 6.92 Å². The van der Waals surface area contributed by atoms with Crippen molar-refractivity contribution in [2.75, 3.05) is 32.1 Å². The van der Waals surface area contributed by atoms with Gasteiger partial charge in [0.25, 0.3) is 0 Å². The van der Waals surface area contributed by atoms with Gasteiger partial charge in [-0.3, -0.25) is 20.0 Å². The van der Waals surface area contributed by atoms with Crippen LogP contribution in [0.15, 0.2) is 0 Å². The molecule has 1 atom stereocenters. The Balaban J connectivity index is 1.89. The highest BCUT2D eigenvalue weighted by Crippen LogP contribution is 2.18. The van der Waals surface area contributed by atoms with Gasteiger partial charge in [0.1, 0.15) is 5.82 Å². The molecule has 19 heavy (non-hydrogen) atoms. The summed E-state index contributed by atoms with van der Waals surface area (Å²) in [6, 6.07) is 0. The summed E-state index contributed by atoms with van der Waals surface area (Å²) >= 11 is 0. The van der Waals surface area contributed by atoms with E-state index in [1.165, 1.54) is 0 Å². The number of hydrogen-bond acceptors (Lipinski definition) is 5. The van der Waals surface area contributed by atoms with Crippen molar-refractivity contribution in [3.63, 3.8) is 0 Å². The van der Waals surface area contributed by atoms with E-state index in [2.05, 4.69) is 20.5 Å². The van der Waals surface area contributed by atoms with Crippen LogP contribution in [0.3, 0.4) is 0 Å². The predicted octanol–water partition coefficient (Wildman–Crippen LogP) is -0.453. The average Bonchev–Trinajstić information content (AvgIpc) is 2.93. The van der Waals surface area contributed by atoms with Gasteiger partial charge in [-0.2, -0.15) is 4.98 Å². The van der Waals surface area contributed by atoms with E-state index in [1.807, 2.05) is 0 Å². The maximum atomic E-state index is 12.0. The lowest BCUT2D eigenvalue weighted by Gasteiger charge is -2.15. The molecule has 0 radical (unpaired) electrons. The number of likely N-dealkylation sites (tertiary alicyclic amines) is 1. The third-order valence-electron chi connectivity index (χ3n) is 2.98. The van der Waals surface area contributed by atoms with Gasteiger partial charge in [0.05, 0.1) is 12.5 Å². The molecule has 1 aromatic rings. The molecule has 1 fully saturated rings. The van der Waals surface area contributed by atoms with Crippen molar-refractivity contribution in [3.8, 4) is 0 Å². The molecule has 8 nitrogen and oxygen atoms in total. The Bertz CT molecular complexity index is 473. The molecule has 104 valence electrons. The van der Waals surface area contributed by atoms with E-state index in [0.717, 1.165) is 0 Å². The molecule has 1 aliphatic rings. The van der Waals surface area contributed by atoms with Gasteiger partial charge in [-0.15, -0.1) is 5.10 Å². The molecule has 8 heteroatoms. The number of H-pyrrole nitrogens is 1. The lowest BCUT2D eigenvalue weighted by molar-refractivity contribution is -0.128. The summed E-state index contributed by atoms with van der Waals surface area (Å²) in [5.74, 6) is 0.253. The number of aromatic nitrogens is 3. The molecule has 0 aliphatic carbocycles. The van der Waals surface area contributed by atoms with Crippen LogP contribution in [-0.2, 0) is 14.3 Å². The monoisotopic (exact) mass is 267 g/mol. The molecule has 2 N–H and O–H groups in total. The van der Waals surface area contributed by atoms with Gasteiger partial charge in [-0.1, -0.05) is 0 Å². The molecule has 2 rings (SSSR count). The summed E-state index contributed by atoms with van der Waals surface area (Å²) in [4.78, 5) is 29.3. The van der Waals surface area contributed by atoms with Gasteiger partial charge < -0.3 is 9.64 Å². The Kier molecular flexibility index (Phi) is 4.10. The van der Waals surface area contributed by atoms with Crippen LogP contribution in [0.5, 0.6) is 0 Å². The molecule has 0 spiro atoms. The van der Waals surface area contributed by atoms with E-state index >= 15 is 0 Å². The number of carbonyl (C=O) groups is 2. The summed E-state index contributed by atoms with van der Waals surface area (Å²) in [5, 5.41) is 9.07. The minimum atomic E-state index is -0.358. The Morgan fingerprint density at radius 3 is 3.05 bits per heavy atom. The van der Waals surface area contributed by atoms with Gasteiger partial charge in [0, 0.05) is 26.6 Å². The van der Waals surface area contributed by atoms with E-state index in [-0.39, 0.29) is 30.1 Å². The van der Waals surface area contributed by atoms with Gasteiger partial charge in [0.2, 0.25) is 17.8 Å². The number of amides is 2. The summed E-state index contributed by atoms with van der Waals surface area (Å²) < 4.78 is 4.93. The number of anilines is 1. The van der Waals surface area contributed by atoms with Crippen molar-refractivity contribution >= 4 is 17.8 Å². The number of hydrogen-bond donors (Lipinski definition) is 2. The fourth-order valence-electron chi connectivity index (χ4n) is 1.98. The van der Waals surface area contributed by atoms with Gasteiger partial charge >= 0.3 is 0 Å². The molecule has 1 saturated heterocycles. The zero-order chi connectivity index (χ0) is 13.8. The molecule has 2 amide bonds. The normalized spacial score (nSPS) is 18.9. The molecule has 1 aromatic heterocycles. The third-order valence-corrected chi connectivity index (χ3v) is 2.98. The summed E-state index contributed by atoms with van der Waals surface area (Å²) in [6.45, 7) is 3.14. The van der Waals surface area contributed by atoms with E-state index in [1.54, 1.807) is 18.9 Å². The average molecular weight is 267 g/mol. The third kappa shape index (κ3) is 3.28. The lowest BCUT2D eigenvalue weighted by atomic mass is 10.1. The first-order chi connectivity index (χ1) is 9.10. The predicted molar refractivity (Wildman–Crippen MR) is 66.3 cm³/mol. The highest BCUT2D eigenvalue weighted by Gasteiger charge is 2.34. The number of nitrogens with one attached hydrogen (secondary N) is 2. The molecule has 1 unspecified atom stereocenters. The van der Waals surface area contributed by atoms with Crippen LogP contribution in [0.2, 0.25) is 0 Å². The van der Waals surface area contributed by atoms with Gasteiger partial charge in [-0.25, -0.2) is 0 Å². The number of rotatable bonds is 5. The first-order valence-electron chi connectivity index (χ1n) is 6.06. The molecule has 2 heterocycles. The van der Waals surface area contributed by atoms with Crippen molar-refractivity contribution in [2.24, 2.45) is 5.92 Å². The van der Waals surface area contributed by atoms with Crippen molar-refractivity contribution < 1.29 is 14.3 Å². The highest BCUT2D eigenvalue weighted by molar-refractivity contribution is 5.96. The first kappa shape index (κ1) is 13.5. The van der Waals surface area contributed by atoms with E-state index in [0.29, 0.717) is 25.5 Å². The molecular weight excluding hydrogens is 250 g/mol. The quantitative estimate of drug-likeness (QED) is 0.752. The zero-order valence-electron chi connectivity index (χ0n) is 11.0. The summed E-state index contributed by atoms with van der Waals surface area (Å²) in [7, 11) is 1.58. The second-order valence-corrected chi connectivity index (χ2v) is 4.47. The van der Waals surface area contributed by atoms with Crippen molar-refractivity contribution in [2.45, 2.75) is 13.3 Å². The van der Waals surface area contributed by atoms with Crippen LogP contribution in [0.25, 0.3) is 0 Å². The van der Waals surface area contributed by atoms with Crippen LogP contribution in [0.1, 0.15) is 12.2 Å². The maximum absolute atomic E-state index is 12.0. The van der Waals surface area contributed by atoms with Crippen LogP contribution in [0, 0.1) is 12.8 Å². The van der Waals surface area contributed by atoms with Crippen molar-refractivity contribution in [1.82, 2.24) is 20.1 Å². The van der Waals surface area contributed by atoms with Gasteiger partial charge in [0.15, 0.2) is 0 Å². The molecule has 0 aromatic carbocycles. The Hall–Kier alpha value is -1.96. The second kappa shape index (κ2) is 5.79. The largest absolute Gasteiger partial charge is 0.383 e. The van der Waals surface area contributed by atoms with E-state index in [4.69, 9.17) is 4.74 Å². The van der Waals surface area contributed by atoms with Crippen LogP contribution in [0.4, 0.5) is 5.95 Å². The topological polar surface area (TPSA) is 100 Å². The molecular formula is C11H17N5O3. The number of nitrogens with zero attached hydrogens (tertiary/aromatic N) is 3. The van der Waals surface area contributed by atoms with Crippen LogP contribution in [-0.4, -0.2) is 58.7 Å². The number of carbonyl (C=O) groups excluding carboxylic acids is 2. The summed E-state index contributed by atoms with van der Waals surface area (Å²) in [6.07, 6.45) is 0.221. The lowest BCUT2D eigenvalue weighted by Crippen LogP contribution is -2.31. The first-order valence-corrected chi connectivity index (χ1v) is 6.06. The zero-order valence-corrected chi connectivity index (χ0v) is 11.0. The number of methoxy groups -OCH3 is 1. The van der Waals surface area contributed by atoms with Crippen LogP contribution >= 0.6 is 0 Å². The smallest absolute Gasteiger partial charge is 0.248 e. The number of aromatic amines is 1. The van der Waals surface area contributed by atoms with Crippen LogP contribution < -0.4 is 5.32 Å².